The second-order valence-corrected chi connectivity index (χ2v) is 7.08. The minimum absolute atomic E-state index is 0. The van der Waals surface area contributed by atoms with Crippen molar-refractivity contribution in [2.24, 2.45) is 4.99 Å². The normalized spacial score (nSPS) is 16.4. The van der Waals surface area contributed by atoms with Gasteiger partial charge in [-0.3, -0.25) is 9.79 Å². The molecule has 28 heavy (non-hydrogen) atoms. The predicted molar refractivity (Wildman–Crippen MR) is 126 cm³/mol. The summed E-state index contributed by atoms with van der Waals surface area (Å²) in [6, 6.07) is 7.33. The Morgan fingerprint density at radius 2 is 2.14 bits per heavy atom. The Labute approximate surface area is 192 Å². The van der Waals surface area contributed by atoms with Crippen molar-refractivity contribution in [1.29, 1.82) is 0 Å². The standard InChI is InChI=1S/C19H29BrN4O3.HI/c1-2-21-19(23-8-4-11-27-17-7-12-26-14-17)24-10-9-22-18(25)15-5-3-6-16(20)13-15;/h3,5-6,13,17H,2,4,7-12,14H2,1H3,(H,22,25)(H2,21,23,24);1H. The van der Waals surface area contributed by atoms with Crippen LogP contribution in [0, 0.1) is 0 Å². The fourth-order valence-corrected chi connectivity index (χ4v) is 2.98. The van der Waals surface area contributed by atoms with E-state index >= 15 is 0 Å². The Balaban J connectivity index is 0.00000392. The van der Waals surface area contributed by atoms with Crippen LogP contribution in [-0.2, 0) is 9.47 Å². The molecule has 1 heterocycles. The molecule has 1 fully saturated rings. The van der Waals surface area contributed by atoms with Gasteiger partial charge in [-0.1, -0.05) is 22.0 Å². The van der Waals surface area contributed by atoms with Gasteiger partial charge < -0.3 is 25.4 Å². The van der Waals surface area contributed by atoms with Gasteiger partial charge in [0.25, 0.3) is 5.91 Å². The van der Waals surface area contributed by atoms with Crippen LogP contribution in [0.1, 0.15) is 30.1 Å². The first-order valence-electron chi connectivity index (χ1n) is 9.44. The number of ether oxygens (including phenoxy) is 2. The summed E-state index contributed by atoms with van der Waals surface area (Å²) in [6.45, 7) is 6.81. The molecule has 7 nitrogen and oxygen atoms in total. The van der Waals surface area contributed by atoms with Gasteiger partial charge in [0.2, 0.25) is 0 Å². The van der Waals surface area contributed by atoms with Crippen LogP contribution in [0.4, 0.5) is 0 Å². The molecule has 1 aliphatic heterocycles. The molecular weight excluding hydrogens is 539 g/mol. The van der Waals surface area contributed by atoms with E-state index in [1.165, 1.54) is 0 Å². The molecule has 3 N–H and O–H groups in total. The van der Waals surface area contributed by atoms with Gasteiger partial charge in [-0.2, -0.15) is 0 Å². The molecular formula is C19H30BrIN4O3. The van der Waals surface area contributed by atoms with Crippen molar-refractivity contribution in [3.05, 3.63) is 34.3 Å². The van der Waals surface area contributed by atoms with Crippen molar-refractivity contribution in [1.82, 2.24) is 16.0 Å². The highest BCUT2D eigenvalue weighted by molar-refractivity contribution is 14.0. The predicted octanol–water partition coefficient (Wildman–Crippen LogP) is 2.55. The van der Waals surface area contributed by atoms with Crippen LogP contribution in [0.15, 0.2) is 33.7 Å². The molecule has 0 spiro atoms. The minimum Gasteiger partial charge on any atom is -0.379 e. The first-order chi connectivity index (χ1) is 13.2. The van der Waals surface area contributed by atoms with Crippen LogP contribution in [0.25, 0.3) is 0 Å². The number of hydrogen-bond donors (Lipinski definition) is 3. The average molecular weight is 569 g/mol. The number of carbonyl (C=O) groups is 1. The van der Waals surface area contributed by atoms with E-state index in [9.17, 15) is 4.79 Å². The quantitative estimate of drug-likeness (QED) is 0.175. The Bertz CT molecular complexity index is 613. The average Bonchev–Trinajstić information content (AvgIpc) is 3.18. The number of guanidine groups is 1. The molecule has 1 atom stereocenters. The molecule has 158 valence electrons. The zero-order valence-corrected chi connectivity index (χ0v) is 20.1. The number of halogens is 2. The minimum atomic E-state index is -0.0897. The Kier molecular flexibility index (Phi) is 13.5. The van der Waals surface area contributed by atoms with E-state index in [1.54, 1.807) is 12.1 Å². The zero-order valence-electron chi connectivity index (χ0n) is 16.2. The highest BCUT2D eigenvalue weighted by Gasteiger charge is 2.15. The molecule has 1 unspecified atom stereocenters. The van der Waals surface area contributed by atoms with Gasteiger partial charge in [-0.05, 0) is 38.0 Å². The van der Waals surface area contributed by atoms with Gasteiger partial charge in [0.1, 0.15) is 0 Å². The van der Waals surface area contributed by atoms with Crippen molar-refractivity contribution in [3.8, 4) is 0 Å². The first kappa shape index (κ1) is 25.1. The van der Waals surface area contributed by atoms with Gasteiger partial charge in [0.15, 0.2) is 5.96 Å². The highest BCUT2D eigenvalue weighted by atomic mass is 127. The summed E-state index contributed by atoms with van der Waals surface area (Å²) in [5, 5.41) is 9.32. The molecule has 0 saturated carbocycles. The van der Waals surface area contributed by atoms with E-state index in [-0.39, 0.29) is 36.0 Å². The Morgan fingerprint density at radius 3 is 2.86 bits per heavy atom. The fraction of sp³-hybridized carbons (Fsp3) is 0.579. The summed E-state index contributed by atoms with van der Waals surface area (Å²) in [7, 11) is 0. The van der Waals surface area contributed by atoms with Crippen molar-refractivity contribution in [2.75, 3.05) is 46.0 Å². The van der Waals surface area contributed by atoms with Gasteiger partial charge in [0.05, 0.1) is 12.7 Å². The molecule has 1 aromatic rings. The molecule has 1 aromatic carbocycles. The van der Waals surface area contributed by atoms with Crippen LogP contribution in [-0.4, -0.2) is 64.0 Å². The number of aliphatic imine (C=N–C) groups is 1. The summed E-state index contributed by atoms with van der Waals surface area (Å²) < 4.78 is 11.9. The molecule has 0 aromatic heterocycles. The van der Waals surface area contributed by atoms with Gasteiger partial charge in [0, 0.05) is 49.4 Å². The maximum atomic E-state index is 12.1. The molecule has 1 saturated heterocycles. The summed E-state index contributed by atoms with van der Waals surface area (Å²) in [5.41, 5.74) is 0.637. The number of rotatable bonds is 10. The number of amides is 1. The maximum Gasteiger partial charge on any atom is 0.251 e. The number of carbonyl (C=O) groups excluding carboxylic acids is 1. The van der Waals surface area contributed by atoms with Gasteiger partial charge >= 0.3 is 0 Å². The van der Waals surface area contributed by atoms with Crippen molar-refractivity contribution < 1.29 is 14.3 Å². The Morgan fingerprint density at radius 1 is 1.32 bits per heavy atom. The van der Waals surface area contributed by atoms with Crippen LogP contribution in [0.2, 0.25) is 0 Å². The smallest absolute Gasteiger partial charge is 0.251 e. The second-order valence-electron chi connectivity index (χ2n) is 6.16. The van der Waals surface area contributed by atoms with Crippen LogP contribution in [0.5, 0.6) is 0 Å². The number of hydrogen-bond acceptors (Lipinski definition) is 4. The third-order valence-electron chi connectivity index (χ3n) is 3.95. The monoisotopic (exact) mass is 568 g/mol. The summed E-state index contributed by atoms with van der Waals surface area (Å²) in [4.78, 5) is 16.6. The molecule has 0 bridgehead atoms. The van der Waals surface area contributed by atoms with E-state index in [0.717, 1.165) is 36.4 Å². The molecule has 9 heteroatoms. The van der Waals surface area contributed by atoms with Crippen LogP contribution >= 0.6 is 39.9 Å². The lowest BCUT2D eigenvalue weighted by Crippen LogP contribution is -2.41. The SMILES string of the molecule is CCNC(=NCCCOC1CCOC1)NCCNC(=O)c1cccc(Br)c1.I. The van der Waals surface area contributed by atoms with Gasteiger partial charge in [-0.15, -0.1) is 24.0 Å². The maximum absolute atomic E-state index is 12.1. The van der Waals surface area contributed by atoms with Crippen molar-refractivity contribution in [3.63, 3.8) is 0 Å². The zero-order chi connectivity index (χ0) is 19.3. The lowest BCUT2D eigenvalue weighted by atomic mass is 10.2. The number of benzene rings is 1. The first-order valence-corrected chi connectivity index (χ1v) is 10.2. The molecule has 0 aliphatic carbocycles. The van der Waals surface area contributed by atoms with Crippen LogP contribution in [0.3, 0.4) is 0 Å². The summed E-state index contributed by atoms with van der Waals surface area (Å²) in [6.07, 6.45) is 2.10. The topological polar surface area (TPSA) is 84.0 Å². The molecule has 0 radical (unpaired) electrons. The molecule has 1 aliphatic rings. The van der Waals surface area contributed by atoms with E-state index in [1.807, 2.05) is 19.1 Å². The summed E-state index contributed by atoms with van der Waals surface area (Å²) in [5.74, 6) is 0.659. The van der Waals surface area contributed by atoms with E-state index < -0.39 is 0 Å². The second kappa shape index (κ2) is 15.0. The van der Waals surface area contributed by atoms with Crippen molar-refractivity contribution in [2.45, 2.75) is 25.9 Å². The number of nitrogens with zero attached hydrogens (tertiary/aromatic N) is 1. The lowest BCUT2D eigenvalue weighted by molar-refractivity contribution is 0.0424. The highest BCUT2D eigenvalue weighted by Crippen LogP contribution is 2.11. The molecule has 2 rings (SSSR count). The Hall–Kier alpha value is -0.910. The number of nitrogens with one attached hydrogen (secondary N) is 3. The van der Waals surface area contributed by atoms with E-state index in [2.05, 4.69) is 36.9 Å². The third-order valence-corrected chi connectivity index (χ3v) is 4.44. The molecule has 1 amide bonds. The summed E-state index contributed by atoms with van der Waals surface area (Å²) >= 11 is 3.37. The largest absolute Gasteiger partial charge is 0.379 e. The van der Waals surface area contributed by atoms with E-state index in [4.69, 9.17) is 9.47 Å². The van der Waals surface area contributed by atoms with Gasteiger partial charge in [-0.25, -0.2) is 0 Å². The fourth-order valence-electron chi connectivity index (χ4n) is 2.58. The van der Waals surface area contributed by atoms with Crippen molar-refractivity contribution >= 4 is 51.8 Å². The lowest BCUT2D eigenvalue weighted by Gasteiger charge is -2.12. The van der Waals surface area contributed by atoms with E-state index in [0.29, 0.717) is 38.4 Å². The van der Waals surface area contributed by atoms with Crippen LogP contribution < -0.4 is 16.0 Å². The third kappa shape index (κ3) is 10.0.